The van der Waals surface area contributed by atoms with Crippen LogP contribution in [0.2, 0.25) is 0 Å². The first-order valence-electron chi connectivity index (χ1n) is 11.0. The van der Waals surface area contributed by atoms with Crippen LogP contribution in [0, 0.1) is 13.8 Å². The summed E-state index contributed by atoms with van der Waals surface area (Å²) in [6, 6.07) is 17.0. The van der Waals surface area contributed by atoms with Crippen molar-refractivity contribution >= 4 is 46.4 Å². The third kappa shape index (κ3) is 4.76. The molecule has 2 N–H and O–H groups in total. The molecule has 0 saturated carbocycles. The van der Waals surface area contributed by atoms with Gasteiger partial charge in [-0.2, -0.15) is 0 Å². The highest BCUT2D eigenvalue weighted by Gasteiger charge is 2.40. The Morgan fingerprint density at radius 1 is 0.889 bits per heavy atom. The highest BCUT2D eigenvalue weighted by atomic mass is 35.5. The van der Waals surface area contributed by atoms with Crippen LogP contribution in [0.5, 0.6) is 11.5 Å². The summed E-state index contributed by atoms with van der Waals surface area (Å²) >= 11 is 6.25. The van der Waals surface area contributed by atoms with Crippen LogP contribution in [-0.4, -0.2) is 31.9 Å². The van der Waals surface area contributed by atoms with E-state index in [1.165, 1.54) is 14.2 Å². The lowest BCUT2D eigenvalue weighted by molar-refractivity contribution is -0.120. The molecule has 0 unspecified atom stereocenters. The number of carbonyl (C=O) groups is 3. The molecule has 1 aliphatic heterocycles. The molecule has 0 aliphatic carbocycles. The first kappa shape index (κ1) is 24.8. The Balaban J connectivity index is 1.51. The second kappa shape index (κ2) is 10.1. The molecule has 3 aromatic rings. The number of ether oxygens (including phenoxy) is 2. The van der Waals surface area contributed by atoms with Gasteiger partial charge in [0.2, 0.25) is 0 Å². The maximum Gasteiger partial charge on any atom is 0.283 e. The third-order valence-electron chi connectivity index (χ3n) is 5.70. The van der Waals surface area contributed by atoms with Crippen LogP contribution < -0.4 is 25.0 Å². The summed E-state index contributed by atoms with van der Waals surface area (Å²) in [4.78, 5) is 39.6. The Morgan fingerprint density at radius 2 is 1.61 bits per heavy atom. The van der Waals surface area contributed by atoms with Crippen LogP contribution in [0.25, 0.3) is 0 Å². The number of hydrogen-bond donors (Lipinski definition) is 2. The maximum absolute atomic E-state index is 13.1. The summed E-state index contributed by atoms with van der Waals surface area (Å²) < 4.78 is 10.5. The zero-order valence-corrected chi connectivity index (χ0v) is 20.9. The fraction of sp³-hybridized carbons (Fsp3) is 0.148. The van der Waals surface area contributed by atoms with Crippen molar-refractivity contribution in [1.82, 2.24) is 0 Å². The van der Waals surface area contributed by atoms with Crippen molar-refractivity contribution in [1.29, 1.82) is 0 Å². The predicted octanol–water partition coefficient (Wildman–Crippen LogP) is 5.01. The highest BCUT2D eigenvalue weighted by Crippen LogP contribution is 2.37. The van der Waals surface area contributed by atoms with E-state index in [9.17, 15) is 14.4 Å². The highest BCUT2D eigenvalue weighted by molar-refractivity contribution is 6.53. The molecule has 3 aromatic carbocycles. The number of amides is 3. The molecule has 0 saturated heterocycles. The fourth-order valence-corrected chi connectivity index (χ4v) is 4.01. The number of hydrogen-bond acceptors (Lipinski definition) is 6. The number of carbonyl (C=O) groups excluding carboxylic acids is 3. The minimum atomic E-state index is -0.683. The van der Waals surface area contributed by atoms with E-state index in [2.05, 4.69) is 10.6 Å². The van der Waals surface area contributed by atoms with Gasteiger partial charge in [0.15, 0.2) is 0 Å². The second-order valence-corrected chi connectivity index (χ2v) is 8.53. The second-order valence-electron chi connectivity index (χ2n) is 8.15. The maximum atomic E-state index is 13.1. The molecule has 184 valence electrons. The average molecular weight is 506 g/mol. The van der Waals surface area contributed by atoms with Gasteiger partial charge >= 0.3 is 0 Å². The zero-order valence-electron chi connectivity index (χ0n) is 20.1. The molecule has 9 heteroatoms. The number of nitrogens with zero attached hydrogens (tertiary/aromatic N) is 1. The standard InChI is InChI=1S/C27H24ClN3O5/c1-15-5-11-20(16(2)13-15)30-25(32)17-6-8-18(9-7-17)29-24-23(28)26(33)31(27(24)34)21-12-10-19(35-3)14-22(21)36-4/h5-14,29H,1-4H3,(H,30,32). The van der Waals surface area contributed by atoms with Gasteiger partial charge in [0.25, 0.3) is 17.7 Å². The van der Waals surface area contributed by atoms with Crippen molar-refractivity contribution in [2.24, 2.45) is 0 Å². The van der Waals surface area contributed by atoms with Crippen LogP contribution in [0.15, 0.2) is 71.4 Å². The third-order valence-corrected chi connectivity index (χ3v) is 6.05. The van der Waals surface area contributed by atoms with Crippen LogP contribution in [-0.2, 0) is 9.59 Å². The Labute approximate surface area is 213 Å². The van der Waals surface area contributed by atoms with Gasteiger partial charge in [0, 0.05) is 23.0 Å². The predicted molar refractivity (Wildman–Crippen MR) is 139 cm³/mol. The molecule has 8 nitrogen and oxygen atoms in total. The summed E-state index contributed by atoms with van der Waals surface area (Å²) in [7, 11) is 2.93. The van der Waals surface area contributed by atoms with Crippen LogP contribution in [0.1, 0.15) is 21.5 Å². The molecule has 0 radical (unpaired) electrons. The number of rotatable bonds is 7. The Kier molecular flexibility index (Phi) is 6.98. The summed E-state index contributed by atoms with van der Waals surface area (Å²) in [5.41, 5.74) is 3.88. The summed E-state index contributed by atoms with van der Waals surface area (Å²) in [5.74, 6) is -0.799. The number of aryl methyl sites for hydroxylation is 2. The molecule has 0 fully saturated rings. The molecular weight excluding hydrogens is 482 g/mol. The molecule has 0 aromatic heterocycles. The van der Waals surface area contributed by atoms with Gasteiger partial charge in [-0.15, -0.1) is 0 Å². The van der Waals surface area contributed by atoms with Crippen molar-refractivity contribution in [3.63, 3.8) is 0 Å². The lowest BCUT2D eigenvalue weighted by atomic mass is 10.1. The first-order valence-corrected chi connectivity index (χ1v) is 11.4. The summed E-state index contributed by atoms with van der Waals surface area (Å²) in [6.45, 7) is 3.92. The van der Waals surface area contributed by atoms with Gasteiger partial charge in [-0.25, -0.2) is 4.90 Å². The summed E-state index contributed by atoms with van der Waals surface area (Å²) in [5, 5.41) is 5.54. The van der Waals surface area contributed by atoms with E-state index >= 15 is 0 Å². The van der Waals surface area contributed by atoms with E-state index in [-0.39, 0.29) is 28.1 Å². The molecule has 1 aliphatic rings. The number of nitrogens with one attached hydrogen (secondary N) is 2. The lowest BCUT2D eigenvalue weighted by Gasteiger charge is -2.18. The average Bonchev–Trinajstić information content (AvgIpc) is 3.08. The van der Waals surface area contributed by atoms with E-state index in [4.69, 9.17) is 21.1 Å². The van der Waals surface area contributed by atoms with Crippen molar-refractivity contribution in [3.8, 4) is 11.5 Å². The molecule has 4 rings (SSSR count). The van der Waals surface area contributed by atoms with E-state index in [1.54, 1.807) is 42.5 Å². The summed E-state index contributed by atoms with van der Waals surface area (Å²) in [6.07, 6.45) is 0. The van der Waals surface area contributed by atoms with Gasteiger partial charge in [0.1, 0.15) is 22.2 Å². The van der Waals surface area contributed by atoms with E-state index in [0.29, 0.717) is 17.0 Å². The Bertz CT molecular complexity index is 1400. The Morgan fingerprint density at radius 3 is 2.25 bits per heavy atom. The van der Waals surface area contributed by atoms with Crippen LogP contribution in [0.3, 0.4) is 0 Å². The fourth-order valence-electron chi connectivity index (χ4n) is 3.80. The van der Waals surface area contributed by atoms with Gasteiger partial charge in [-0.1, -0.05) is 29.3 Å². The number of methoxy groups -OCH3 is 2. The number of benzene rings is 3. The SMILES string of the molecule is COc1ccc(N2C(=O)C(Cl)=C(Nc3ccc(C(=O)Nc4ccc(C)cc4C)cc3)C2=O)c(OC)c1. The largest absolute Gasteiger partial charge is 0.497 e. The molecule has 0 bridgehead atoms. The van der Waals surface area contributed by atoms with Gasteiger partial charge in [-0.3, -0.25) is 14.4 Å². The number of halogens is 1. The normalized spacial score (nSPS) is 13.2. The molecule has 36 heavy (non-hydrogen) atoms. The minimum absolute atomic E-state index is 0.0768. The van der Waals surface area contributed by atoms with E-state index in [0.717, 1.165) is 21.7 Å². The Hall–Kier alpha value is -4.30. The number of imide groups is 1. The first-order chi connectivity index (χ1) is 17.2. The molecule has 0 spiro atoms. The molecule has 0 atom stereocenters. The monoisotopic (exact) mass is 505 g/mol. The van der Waals surface area contributed by atoms with Crippen molar-refractivity contribution in [3.05, 3.63) is 88.1 Å². The van der Waals surface area contributed by atoms with Crippen LogP contribution >= 0.6 is 11.6 Å². The quantitative estimate of drug-likeness (QED) is 0.438. The van der Waals surface area contributed by atoms with Gasteiger partial charge in [-0.05, 0) is 61.9 Å². The number of anilines is 3. The molecule has 3 amide bonds. The smallest absolute Gasteiger partial charge is 0.283 e. The van der Waals surface area contributed by atoms with Crippen molar-refractivity contribution in [2.45, 2.75) is 13.8 Å². The van der Waals surface area contributed by atoms with E-state index < -0.39 is 11.8 Å². The lowest BCUT2D eigenvalue weighted by Crippen LogP contribution is -2.32. The zero-order chi connectivity index (χ0) is 26.0. The topological polar surface area (TPSA) is 97.0 Å². The molecule has 1 heterocycles. The van der Waals surface area contributed by atoms with E-state index in [1.807, 2.05) is 32.0 Å². The molecular formula is C27H24ClN3O5. The van der Waals surface area contributed by atoms with Gasteiger partial charge in [0.05, 0.1) is 19.9 Å². The van der Waals surface area contributed by atoms with Gasteiger partial charge < -0.3 is 20.1 Å². The van der Waals surface area contributed by atoms with Crippen molar-refractivity contribution < 1.29 is 23.9 Å². The van der Waals surface area contributed by atoms with Crippen molar-refractivity contribution in [2.75, 3.05) is 29.8 Å². The minimum Gasteiger partial charge on any atom is -0.497 e. The van der Waals surface area contributed by atoms with Crippen LogP contribution in [0.4, 0.5) is 17.1 Å².